The van der Waals surface area contributed by atoms with E-state index in [0.29, 0.717) is 16.1 Å². The van der Waals surface area contributed by atoms with Crippen molar-refractivity contribution >= 4 is 37.5 Å². The smallest absolute Gasteiger partial charge is 0.252 e. The summed E-state index contributed by atoms with van der Waals surface area (Å²) < 4.78 is 0.710. The van der Waals surface area contributed by atoms with Crippen LogP contribution in [0.2, 0.25) is 0 Å². The number of hydrogen-bond donors (Lipinski definition) is 2. The van der Waals surface area contributed by atoms with E-state index in [9.17, 15) is 9.90 Å². The molecule has 0 amide bonds. The molecule has 106 valence electrons. The van der Waals surface area contributed by atoms with Crippen molar-refractivity contribution in [1.29, 1.82) is 0 Å². The van der Waals surface area contributed by atoms with Crippen molar-refractivity contribution in [3.8, 4) is 5.75 Å². The largest absolute Gasteiger partial charge is 0.506 e. The maximum atomic E-state index is 11.6. The summed E-state index contributed by atoms with van der Waals surface area (Å²) >= 11 is 1.45. The molecule has 0 aliphatic carbocycles. The van der Waals surface area contributed by atoms with Crippen LogP contribution in [0.25, 0.3) is 20.4 Å². The summed E-state index contributed by atoms with van der Waals surface area (Å²) in [6.45, 7) is 2.18. The quantitative estimate of drug-likeness (QED) is 0.669. The minimum absolute atomic E-state index is 0.0398. The molecule has 0 radical (unpaired) electrons. The standard InChI is InChI=1S/C15H13N3O2S/c19-10-6-11(20)16-13-8-5-9-12(17-15(8)21-14(10)13)7-1-3-18(9)4-2-7/h5-7H,1-4H2,(H2,16,19,20). The van der Waals surface area contributed by atoms with Crippen molar-refractivity contribution in [2.24, 2.45) is 0 Å². The summed E-state index contributed by atoms with van der Waals surface area (Å²) in [5, 5.41) is 10.9. The van der Waals surface area contributed by atoms with Gasteiger partial charge in [0.25, 0.3) is 5.56 Å². The molecule has 0 aromatic carbocycles. The fourth-order valence-electron chi connectivity index (χ4n) is 3.63. The Morgan fingerprint density at radius 1 is 1.33 bits per heavy atom. The van der Waals surface area contributed by atoms with E-state index in [-0.39, 0.29) is 11.3 Å². The number of H-pyrrole nitrogens is 1. The summed E-state index contributed by atoms with van der Waals surface area (Å²) in [7, 11) is 0. The second-order valence-electron chi connectivity index (χ2n) is 5.83. The average Bonchev–Trinajstić information content (AvgIpc) is 2.85. The first-order valence-electron chi connectivity index (χ1n) is 7.15. The fraction of sp³-hybridized carbons (Fsp3) is 0.333. The lowest BCUT2D eigenvalue weighted by atomic mass is 9.86. The number of anilines is 1. The van der Waals surface area contributed by atoms with Gasteiger partial charge in [-0.15, -0.1) is 11.3 Å². The van der Waals surface area contributed by atoms with Gasteiger partial charge in [0.2, 0.25) is 0 Å². The van der Waals surface area contributed by atoms with Crippen LogP contribution in [-0.4, -0.2) is 28.2 Å². The Hall–Kier alpha value is -2.08. The molecular weight excluding hydrogens is 286 g/mol. The highest BCUT2D eigenvalue weighted by molar-refractivity contribution is 7.25. The van der Waals surface area contributed by atoms with E-state index in [1.165, 1.54) is 41.6 Å². The third kappa shape index (κ3) is 1.45. The third-order valence-corrected chi connectivity index (χ3v) is 5.78. The van der Waals surface area contributed by atoms with E-state index in [4.69, 9.17) is 4.98 Å². The highest BCUT2D eigenvalue weighted by Gasteiger charge is 2.32. The molecule has 21 heavy (non-hydrogen) atoms. The first-order chi connectivity index (χ1) is 10.2. The number of nitrogens with zero attached hydrogens (tertiary/aromatic N) is 2. The predicted molar refractivity (Wildman–Crippen MR) is 83.6 cm³/mol. The number of piperidine rings is 1. The Kier molecular flexibility index (Phi) is 2.07. The van der Waals surface area contributed by atoms with Crippen LogP contribution in [0, 0.1) is 0 Å². The number of hydrogen-bond acceptors (Lipinski definition) is 5. The number of aromatic amines is 1. The number of thiophene rings is 1. The van der Waals surface area contributed by atoms with Gasteiger partial charge >= 0.3 is 0 Å². The minimum atomic E-state index is -0.278. The molecule has 6 heteroatoms. The van der Waals surface area contributed by atoms with Gasteiger partial charge in [-0.25, -0.2) is 4.98 Å². The fourth-order valence-corrected chi connectivity index (χ4v) is 4.66. The Balaban J connectivity index is 1.92. The molecule has 1 saturated heterocycles. The summed E-state index contributed by atoms with van der Waals surface area (Å²) in [5.41, 5.74) is 2.82. The van der Waals surface area contributed by atoms with E-state index in [1.54, 1.807) is 0 Å². The Bertz CT molecular complexity index is 951. The Morgan fingerprint density at radius 2 is 2.14 bits per heavy atom. The normalized spacial score (nSPS) is 17.8. The molecule has 0 unspecified atom stereocenters. The van der Waals surface area contributed by atoms with Gasteiger partial charge in [0, 0.05) is 30.5 Å². The molecule has 0 spiro atoms. The molecule has 0 atom stereocenters. The molecule has 3 aliphatic heterocycles. The molecule has 6 heterocycles. The monoisotopic (exact) mass is 299 g/mol. The van der Waals surface area contributed by atoms with Crippen LogP contribution in [0.3, 0.4) is 0 Å². The molecule has 3 aromatic heterocycles. The van der Waals surface area contributed by atoms with E-state index < -0.39 is 0 Å². The Morgan fingerprint density at radius 3 is 2.95 bits per heavy atom. The zero-order valence-electron chi connectivity index (χ0n) is 11.2. The van der Waals surface area contributed by atoms with Gasteiger partial charge < -0.3 is 15.0 Å². The SMILES string of the molecule is O=c1cc(O)c2sc3nc4c(cc3c2[nH]1)N1CCC4CC1. The lowest BCUT2D eigenvalue weighted by molar-refractivity contribution is 0.465. The number of aromatic nitrogens is 2. The molecule has 2 bridgehead atoms. The van der Waals surface area contributed by atoms with E-state index in [1.807, 2.05) is 0 Å². The highest BCUT2D eigenvalue weighted by Crippen LogP contribution is 2.45. The number of aromatic hydroxyl groups is 1. The Labute approximate surface area is 123 Å². The summed E-state index contributed by atoms with van der Waals surface area (Å²) in [6.07, 6.45) is 2.36. The van der Waals surface area contributed by atoms with Crippen molar-refractivity contribution < 1.29 is 5.11 Å². The third-order valence-electron chi connectivity index (χ3n) is 4.66. The van der Waals surface area contributed by atoms with Crippen LogP contribution in [0.15, 0.2) is 16.9 Å². The van der Waals surface area contributed by atoms with Crippen LogP contribution in [0.1, 0.15) is 24.5 Å². The van der Waals surface area contributed by atoms with E-state index in [0.717, 1.165) is 23.3 Å². The number of fused-ring (bicyclic) bond motifs is 5. The van der Waals surface area contributed by atoms with Crippen LogP contribution >= 0.6 is 11.3 Å². The maximum Gasteiger partial charge on any atom is 0.252 e. The molecule has 6 rings (SSSR count). The zero-order valence-corrected chi connectivity index (χ0v) is 12.0. The number of nitrogens with one attached hydrogen (secondary N) is 1. The molecule has 3 aliphatic rings. The maximum absolute atomic E-state index is 11.6. The molecule has 1 fully saturated rings. The minimum Gasteiger partial charge on any atom is -0.506 e. The molecule has 5 nitrogen and oxygen atoms in total. The highest BCUT2D eigenvalue weighted by atomic mass is 32.1. The number of rotatable bonds is 0. The van der Waals surface area contributed by atoms with Crippen molar-refractivity contribution in [2.45, 2.75) is 18.8 Å². The summed E-state index contributed by atoms with van der Waals surface area (Å²) in [4.78, 5) is 22.6. The van der Waals surface area contributed by atoms with Crippen LogP contribution in [-0.2, 0) is 0 Å². The van der Waals surface area contributed by atoms with Gasteiger partial charge in [-0.3, -0.25) is 4.79 Å². The summed E-state index contributed by atoms with van der Waals surface area (Å²) in [5.74, 6) is 0.602. The summed E-state index contributed by atoms with van der Waals surface area (Å²) in [6, 6.07) is 3.36. The first kappa shape index (κ1) is 11.6. The molecule has 0 saturated carbocycles. The lowest BCUT2D eigenvalue weighted by Crippen LogP contribution is -2.39. The zero-order chi connectivity index (χ0) is 14.1. The van der Waals surface area contributed by atoms with Crippen molar-refractivity contribution in [3.63, 3.8) is 0 Å². The van der Waals surface area contributed by atoms with E-state index in [2.05, 4.69) is 16.0 Å². The van der Waals surface area contributed by atoms with E-state index >= 15 is 0 Å². The topological polar surface area (TPSA) is 69.2 Å². The second kappa shape index (κ2) is 3.76. The van der Waals surface area contributed by atoms with Gasteiger partial charge in [-0.2, -0.15) is 0 Å². The average molecular weight is 299 g/mol. The van der Waals surface area contributed by atoms with Crippen molar-refractivity contribution in [3.05, 3.63) is 28.2 Å². The molecule has 3 aromatic rings. The van der Waals surface area contributed by atoms with Crippen LogP contribution in [0.5, 0.6) is 5.75 Å². The van der Waals surface area contributed by atoms with Crippen LogP contribution < -0.4 is 10.5 Å². The van der Waals surface area contributed by atoms with Gasteiger partial charge in [0.1, 0.15) is 10.6 Å². The van der Waals surface area contributed by atoms with Crippen LogP contribution in [0.4, 0.5) is 5.69 Å². The second-order valence-corrected chi connectivity index (χ2v) is 6.83. The molecule has 2 N–H and O–H groups in total. The number of pyridine rings is 2. The lowest BCUT2D eigenvalue weighted by Gasteiger charge is -2.41. The van der Waals surface area contributed by atoms with Crippen molar-refractivity contribution in [2.75, 3.05) is 18.0 Å². The van der Waals surface area contributed by atoms with Gasteiger partial charge in [0.05, 0.1) is 21.6 Å². The van der Waals surface area contributed by atoms with Gasteiger partial charge in [-0.05, 0) is 18.9 Å². The van der Waals surface area contributed by atoms with Gasteiger partial charge in [-0.1, -0.05) is 0 Å². The first-order valence-corrected chi connectivity index (χ1v) is 7.97. The predicted octanol–water partition coefficient (Wildman–Crippen LogP) is 2.54. The van der Waals surface area contributed by atoms with Gasteiger partial charge in [0.15, 0.2) is 0 Å². The molecular formula is C15H13N3O2S. The van der Waals surface area contributed by atoms with Crippen molar-refractivity contribution in [1.82, 2.24) is 9.97 Å².